The van der Waals surface area contributed by atoms with Gasteiger partial charge in [-0.05, 0) is 42.9 Å². The average molecular weight is 310 g/mol. The lowest BCUT2D eigenvalue weighted by Gasteiger charge is -2.17. The van der Waals surface area contributed by atoms with Crippen LogP contribution in [0.15, 0.2) is 22.7 Å². The summed E-state index contributed by atoms with van der Waals surface area (Å²) in [7, 11) is 0. The SMILES string of the molecule is O=C(N[C@H]1CCc2c(Br)cccc21)[C@@H]1CCCO1. The number of nitrogens with one attached hydrogen (secondary N) is 1. The fraction of sp³-hybridized carbons (Fsp3) is 0.500. The molecule has 1 aromatic rings. The molecule has 18 heavy (non-hydrogen) atoms. The highest BCUT2D eigenvalue weighted by Gasteiger charge is 2.29. The Bertz CT molecular complexity index is 469. The average Bonchev–Trinajstić information content (AvgIpc) is 2.99. The van der Waals surface area contributed by atoms with Gasteiger partial charge in [0.05, 0.1) is 6.04 Å². The summed E-state index contributed by atoms with van der Waals surface area (Å²) in [5, 5.41) is 3.12. The molecule has 3 rings (SSSR count). The Kier molecular flexibility index (Phi) is 3.39. The third-order valence-corrected chi connectivity index (χ3v) is 4.50. The lowest BCUT2D eigenvalue weighted by molar-refractivity contribution is -0.130. The Labute approximate surface area is 115 Å². The van der Waals surface area contributed by atoms with Crippen molar-refractivity contribution >= 4 is 21.8 Å². The number of carbonyl (C=O) groups excluding carboxylic acids is 1. The molecular formula is C14H16BrNO2. The first kappa shape index (κ1) is 12.2. The highest BCUT2D eigenvalue weighted by atomic mass is 79.9. The van der Waals surface area contributed by atoms with Crippen LogP contribution in [0.2, 0.25) is 0 Å². The predicted octanol–water partition coefficient (Wildman–Crippen LogP) is 2.73. The second-order valence-corrected chi connectivity index (χ2v) is 5.76. The van der Waals surface area contributed by atoms with Gasteiger partial charge in [-0.2, -0.15) is 0 Å². The molecule has 96 valence electrons. The molecule has 0 saturated carbocycles. The molecular weight excluding hydrogens is 294 g/mol. The first-order valence-electron chi connectivity index (χ1n) is 6.45. The molecule has 1 aliphatic carbocycles. The van der Waals surface area contributed by atoms with Crippen molar-refractivity contribution in [2.75, 3.05) is 6.61 Å². The Morgan fingerprint density at radius 1 is 1.39 bits per heavy atom. The Hall–Kier alpha value is -0.870. The molecule has 3 nitrogen and oxygen atoms in total. The van der Waals surface area contributed by atoms with Crippen LogP contribution in [0.4, 0.5) is 0 Å². The van der Waals surface area contributed by atoms with Crippen molar-refractivity contribution in [3.8, 4) is 0 Å². The van der Waals surface area contributed by atoms with E-state index in [0.717, 1.165) is 30.2 Å². The van der Waals surface area contributed by atoms with Crippen molar-refractivity contribution in [2.45, 2.75) is 37.8 Å². The van der Waals surface area contributed by atoms with Crippen LogP contribution in [-0.2, 0) is 16.0 Å². The molecule has 1 amide bonds. The Morgan fingerprint density at radius 3 is 3.06 bits per heavy atom. The minimum Gasteiger partial charge on any atom is -0.368 e. The smallest absolute Gasteiger partial charge is 0.249 e. The van der Waals surface area contributed by atoms with Gasteiger partial charge >= 0.3 is 0 Å². The van der Waals surface area contributed by atoms with E-state index >= 15 is 0 Å². The molecule has 0 unspecified atom stereocenters. The maximum Gasteiger partial charge on any atom is 0.249 e. The Morgan fingerprint density at radius 2 is 2.28 bits per heavy atom. The Balaban J connectivity index is 1.72. The van der Waals surface area contributed by atoms with Crippen molar-refractivity contribution in [2.24, 2.45) is 0 Å². The van der Waals surface area contributed by atoms with Crippen molar-refractivity contribution in [3.05, 3.63) is 33.8 Å². The predicted molar refractivity (Wildman–Crippen MR) is 72.3 cm³/mol. The zero-order valence-corrected chi connectivity index (χ0v) is 11.7. The number of carbonyl (C=O) groups is 1. The van der Waals surface area contributed by atoms with Crippen LogP contribution in [0.5, 0.6) is 0 Å². The standard InChI is InChI=1S/C14H16BrNO2/c15-11-4-1-3-10-9(11)6-7-12(10)16-14(17)13-5-2-8-18-13/h1,3-4,12-13H,2,5-8H2,(H,16,17)/t12-,13-/m0/s1. The van der Waals surface area contributed by atoms with Crippen LogP contribution in [0, 0.1) is 0 Å². The zero-order chi connectivity index (χ0) is 12.5. The molecule has 0 bridgehead atoms. The van der Waals surface area contributed by atoms with Gasteiger partial charge in [0.25, 0.3) is 0 Å². The molecule has 1 N–H and O–H groups in total. The molecule has 1 aromatic carbocycles. The maximum atomic E-state index is 12.0. The lowest BCUT2D eigenvalue weighted by Crippen LogP contribution is -2.36. The number of rotatable bonds is 2. The number of benzene rings is 1. The van der Waals surface area contributed by atoms with E-state index in [1.165, 1.54) is 11.1 Å². The lowest BCUT2D eigenvalue weighted by atomic mass is 10.1. The third kappa shape index (κ3) is 2.19. The topological polar surface area (TPSA) is 38.3 Å². The van der Waals surface area contributed by atoms with E-state index in [0.29, 0.717) is 6.61 Å². The van der Waals surface area contributed by atoms with Crippen molar-refractivity contribution in [1.29, 1.82) is 0 Å². The van der Waals surface area contributed by atoms with Gasteiger partial charge in [0.2, 0.25) is 5.91 Å². The van der Waals surface area contributed by atoms with E-state index in [1.54, 1.807) is 0 Å². The summed E-state index contributed by atoms with van der Waals surface area (Å²) >= 11 is 3.57. The largest absolute Gasteiger partial charge is 0.368 e. The van der Waals surface area contributed by atoms with E-state index in [1.807, 2.05) is 6.07 Å². The van der Waals surface area contributed by atoms with Gasteiger partial charge in [-0.3, -0.25) is 4.79 Å². The summed E-state index contributed by atoms with van der Waals surface area (Å²) in [6.07, 6.45) is 3.61. The number of hydrogen-bond donors (Lipinski definition) is 1. The monoisotopic (exact) mass is 309 g/mol. The summed E-state index contributed by atoms with van der Waals surface area (Å²) in [6, 6.07) is 6.34. The van der Waals surface area contributed by atoms with Gasteiger partial charge in [0, 0.05) is 11.1 Å². The zero-order valence-electron chi connectivity index (χ0n) is 10.1. The van der Waals surface area contributed by atoms with Crippen LogP contribution >= 0.6 is 15.9 Å². The minimum absolute atomic E-state index is 0.0466. The fourth-order valence-electron chi connectivity index (χ4n) is 2.81. The molecule has 0 aromatic heterocycles. The summed E-state index contributed by atoms with van der Waals surface area (Å²) in [5.74, 6) is 0.0466. The quantitative estimate of drug-likeness (QED) is 0.912. The number of hydrogen-bond acceptors (Lipinski definition) is 2. The van der Waals surface area contributed by atoms with Gasteiger partial charge in [0.15, 0.2) is 0 Å². The first-order chi connectivity index (χ1) is 8.75. The van der Waals surface area contributed by atoms with E-state index < -0.39 is 0 Å². The fourth-order valence-corrected chi connectivity index (χ4v) is 3.39. The summed E-state index contributed by atoms with van der Waals surface area (Å²) in [5.41, 5.74) is 2.57. The van der Waals surface area contributed by atoms with Gasteiger partial charge < -0.3 is 10.1 Å². The van der Waals surface area contributed by atoms with E-state index in [4.69, 9.17) is 4.74 Å². The van der Waals surface area contributed by atoms with Crippen LogP contribution in [0.25, 0.3) is 0 Å². The molecule has 2 atom stereocenters. The summed E-state index contributed by atoms with van der Waals surface area (Å²) in [4.78, 5) is 12.0. The molecule has 1 fully saturated rings. The van der Waals surface area contributed by atoms with Crippen molar-refractivity contribution in [3.63, 3.8) is 0 Å². The van der Waals surface area contributed by atoms with Crippen LogP contribution in [0.1, 0.15) is 36.4 Å². The first-order valence-corrected chi connectivity index (χ1v) is 7.24. The van der Waals surface area contributed by atoms with Crippen LogP contribution < -0.4 is 5.32 Å². The molecule has 0 radical (unpaired) electrons. The van der Waals surface area contributed by atoms with Gasteiger partial charge in [0.1, 0.15) is 6.10 Å². The molecule has 1 heterocycles. The second-order valence-electron chi connectivity index (χ2n) is 4.91. The molecule has 0 spiro atoms. The third-order valence-electron chi connectivity index (χ3n) is 3.75. The van der Waals surface area contributed by atoms with E-state index in [9.17, 15) is 4.79 Å². The molecule has 1 saturated heterocycles. The molecule has 4 heteroatoms. The normalized spacial score (nSPS) is 26.1. The summed E-state index contributed by atoms with van der Waals surface area (Å²) < 4.78 is 6.56. The second kappa shape index (κ2) is 5.02. The molecule has 1 aliphatic heterocycles. The minimum atomic E-state index is -0.235. The van der Waals surface area contributed by atoms with Gasteiger partial charge in [-0.1, -0.05) is 28.1 Å². The molecule has 2 aliphatic rings. The number of fused-ring (bicyclic) bond motifs is 1. The van der Waals surface area contributed by atoms with Gasteiger partial charge in [-0.15, -0.1) is 0 Å². The van der Waals surface area contributed by atoms with E-state index in [2.05, 4.69) is 33.4 Å². The summed E-state index contributed by atoms with van der Waals surface area (Å²) in [6.45, 7) is 0.713. The number of ether oxygens (including phenoxy) is 1. The number of amides is 1. The highest BCUT2D eigenvalue weighted by Crippen LogP contribution is 2.35. The van der Waals surface area contributed by atoms with Gasteiger partial charge in [-0.25, -0.2) is 0 Å². The number of halogens is 1. The van der Waals surface area contributed by atoms with Crippen molar-refractivity contribution in [1.82, 2.24) is 5.32 Å². The highest BCUT2D eigenvalue weighted by molar-refractivity contribution is 9.10. The van der Waals surface area contributed by atoms with Crippen LogP contribution in [0.3, 0.4) is 0 Å². The van der Waals surface area contributed by atoms with Crippen LogP contribution in [-0.4, -0.2) is 18.6 Å². The maximum absolute atomic E-state index is 12.0. The van der Waals surface area contributed by atoms with Crippen molar-refractivity contribution < 1.29 is 9.53 Å². The van der Waals surface area contributed by atoms with E-state index in [-0.39, 0.29) is 18.1 Å².